The van der Waals surface area contributed by atoms with Gasteiger partial charge in [0.05, 0.1) is 12.7 Å². The third kappa shape index (κ3) is 5.94. The number of halogens is 2. The van der Waals surface area contributed by atoms with Gasteiger partial charge in [0, 0.05) is 14.6 Å². The zero-order valence-electron chi connectivity index (χ0n) is 17.1. The normalized spacial score (nSPS) is 10.9. The number of carbonyl (C=O) groups excluding carboxylic acids is 2. The van der Waals surface area contributed by atoms with Crippen molar-refractivity contribution < 1.29 is 14.3 Å². The summed E-state index contributed by atoms with van der Waals surface area (Å²) in [5, 5.41) is 12.3. The van der Waals surface area contributed by atoms with Crippen molar-refractivity contribution >= 4 is 55.5 Å². The number of amides is 1. The van der Waals surface area contributed by atoms with Gasteiger partial charge in [-0.3, -0.25) is 4.79 Å². The second-order valence-corrected chi connectivity index (χ2v) is 8.57. The summed E-state index contributed by atoms with van der Waals surface area (Å²) in [6.07, 6.45) is 2.21. The fourth-order valence-corrected chi connectivity index (χ4v) is 3.82. The molecular formula is C25H18Br2N2O3. The molecule has 1 amide bonds. The van der Waals surface area contributed by atoms with Gasteiger partial charge in [-0.05, 0) is 71.7 Å². The number of methoxy groups -OCH3 is 1. The highest BCUT2D eigenvalue weighted by Crippen LogP contribution is 2.25. The lowest BCUT2D eigenvalue weighted by Crippen LogP contribution is -2.13. The van der Waals surface area contributed by atoms with E-state index >= 15 is 0 Å². The van der Waals surface area contributed by atoms with Gasteiger partial charge >= 0.3 is 5.97 Å². The lowest BCUT2D eigenvalue weighted by atomic mass is 9.98. The summed E-state index contributed by atoms with van der Waals surface area (Å²) in [5.41, 5.74) is 3.64. The summed E-state index contributed by atoms with van der Waals surface area (Å²) in [6.45, 7) is 0. The minimum Gasteiger partial charge on any atom is -0.465 e. The van der Waals surface area contributed by atoms with Crippen LogP contribution in [0.3, 0.4) is 0 Å². The standard InChI is InChI=1S/C25H18Br2N2O3/c1-32-25(31)16-7-10-22(11-8-16)29-24(30)20(15-28)13-19-14-21(26)9-6-17(19)12-18-4-2-3-5-23(18)27/h2-11,13-14H,12H2,1H3,(H,29,30)/b20-13+. The van der Waals surface area contributed by atoms with Gasteiger partial charge < -0.3 is 10.1 Å². The van der Waals surface area contributed by atoms with E-state index in [9.17, 15) is 14.9 Å². The molecule has 0 saturated heterocycles. The van der Waals surface area contributed by atoms with Crippen molar-refractivity contribution in [1.82, 2.24) is 0 Å². The maximum absolute atomic E-state index is 12.7. The average molecular weight is 554 g/mol. The molecule has 3 aromatic rings. The fourth-order valence-electron chi connectivity index (χ4n) is 3.02. The van der Waals surface area contributed by atoms with Gasteiger partial charge in [-0.25, -0.2) is 4.79 Å². The fraction of sp³-hybridized carbons (Fsp3) is 0.0800. The maximum atomic E-state index is 12.7. The third-order valence-corrected chi connectivity index (χ3v) is 5.94. The van der Waals surface area contributed by atoms with E-state index in [0.717, 1.165) is 25.6 Å². The Bertz CT molecular complexity index is 1230. The number of esters is 1. The van der Waals surface area contributed by atoms with E-state index in [2.05, 4.69) is 41.9 Å². The zero-order chi connectivity index (χ0) is 23.1. The summed E-state index contributed by atoms with van der Waals surface area (Å²) in [7, 11) is 1.30. The highest BCUT2D eigenvalue weighted by Gasteiger charge is 2.13. The first-order chi connectivity index (χ1) is 15.4. The second-order valence-electron chi connectivity index (χ2n) is 6.80. The number of nitrogens with one attached hydrogen (secondary N) is 1. The molecule has 0 heterocycles. The molecule has 0 bridgehead atoms. The predicted molar refractivity (Wildman–Crippen MR) is 131 cm³/mol. The number of rotatable bonds is 6. The van der Waals surface area contributed by atoms with Crippen LogP contribution in [0, 0.1) is 11.3 Å². The largest absolute Gasteiger partial charge is 0.465 e. The Morgan fingerprint density at radius 3 is 2.41 bits per heavy atom. The molecule has 0 fully saturated rings. The van der Waals surface area contributed by atoms with Gasteiger partial charge in [0.15, 0.2) is 0 Å². The van der Waals surface area contributed by atoms with Crippen molar-refractivity contribution in [2.24, 2.45) is 0 Å². The number of carbonyl (C=O) groups is 2. The van der Waals surface area contributed by atoms with Gasteiger partial charge in [0.25, 0.3) is 5.91 Å². The van der Waals surface area contributed by atoms with Crippen LogP contribution in [-0.2, 0) is 16.0 Å². The molecule has 0 spiro atoms. The zero-order valence-corrected chi connectivity index (χ0v) is 20.2. The first-order valence-electron chi connectivity index (χ1n) is 9.54. The topological polar surface area (TPSA) is 79.2 Å². The lowest BCUT2D eigenvalue weighted by Gasteiger charge is -2.10. The molecule has 1 N–H and O–H groups in total. The second kappa shape index (κ2) is 10.9. The highest BCUT2D eigenvalue weighted by molar-refractivity contribution is 9.10. The van der Waals surface area contributed by atoms with Gasteiger partial charge in [-0.1, -0.05) is 56.1 Å². The molecule has 0 aliphatic heterocycles. The molecule has 0 saturated carbocycles. The monoisotopic (exact) mass is 552 g/mol. The summed E-state index contributed by atoms with van der Waals surface area (Å²) in [6, 6.07) is 21.9. The summed E-state index contributed by atoms with van der Waals surface area (Å²) >= 11 is 7.03. The van der Waals surface area contributed by atoms with Crippen molar-refractivity contribution in [3.8, 4) is 6.07 Å². The van der Waals surface area contributed by atoms with E-state index in [4.69, 9.17) is 0 Å². The molecule has 160 valence electrons. The Balaban J connectivity index is 1.86. The summed E-state index contributed by atoms with van der Waals surface area (Å²) in [4.78, 5) is 24.3. The number of hydrogen-bond acceptors (Lipinski definition) is 4. The van der Waals surface area contributed by atoms with Crippen LogP contribution in [0.5, 0.6) is 0 Å². The van der Waals surface area contributed by atoms with E-state index in [1.54, 1.807) is 30.3 Å². The van der Waals surface area contributed by atoms with Crippen molar-refractivity contribution in [2.75, 3.05) is 12.4 Å². The van der Waals surface area contributed by atoms with Crippen LogP contribution in [0.25, 0.3) is 6.08 Å². The number of anilines is 1. The quantitative estimate of drug-likeness (QED) is 0.226. The number of hydrogen-bond donors (Lipinski definition) is 1. The smallest absolute Gasteiger partial charge is 0.337 e. The van der Waals surface area contributed by atoms with Crippen molar-refractivity contribution in [1.29, 1.82) is 5.26 Å². The predicted octanol–water partition coefficient (Wildman–Crippen LogP) is 6.13. The van der Waals surface area contributed by atoms with Crippen LogP contribution in [0.1, 0.15) is 27.0 Å². The lowest BCUT2D eigenvalue weighted by molar-refractivity contribution is -0.112. The molecule has 0 atom stereocenters. The summed E-state index contributed by atoms with van der Waals surface area (Å²) < 4.78 is 6.50. The van der Waals surface area contributed by atoms with Crippen LogP contribution >= 0.6 is 31.9 Å². The third-order valence-electron chi connectivity index (χ3n) is 4.68. The van der Waals surface area contributed by atoms with Gasteiger partial charge in [-0.15, -0.1) is 0 Å². The van der Waals surface area contributed by atoms with Crippen LogP contribution in [0.2, 0.25) is 0 Å². The first kappa shape index (κ1) is 23.5. The van der Waals surface area contributed by atoms with Crippen LogP contribution < -0.4 is 5.32 Å². The Kier molecular flexibility index (Phi) is 7.98. The molecular weight excluding hydrogens is 536 g/mol. The molecule has 3 rings (SSSR count). The van der Waals surface area contributed by atoms with Gasteiger partial charge in [-0.2, -0.15) is 5.26 Å². The molecule has 0 radical (unpaired) electrons. The highest BCUT2D eigenvalue weighted by atomic mass is 79.9. The molecule has 0 aromatic heterocycles. The van der Waals surface area contributed by atoms with Crippen LogP contribution in [0.4, 0.5) is 5.69 Å². The van der Waals surface area contributed by atoms with Gasteiger partial charge in [0.2, 0.25) is 0 Å². The molecule has 32 heavy (non-hydrogen) atoms. The Morgan fingerprint density at radius 2 is 1.75 bits per heavy atom. The first-order valence-corrected chi connectivity index (χ1v) is 11.1. The van der Waals surface area contributed by atoms with Gasteiger partial charge in [0.1, 0.15) is 11.6 Å². The molecule has 0 aliphatic rings. The molecule has 0 unspecified atom stereocenters. The van der Waals surface area contributed by atoms with E-state index in [1.165, 1.54) is 7.11 Å². The maximum Gasteiger partial charge on any atom is 0.337 e. The summed E-state index contributed by atoms with van der Waals surface area (Å²) in [5.74, 6) is -1.00. The van der Waals surface area contributed by atoms with E-state index in [-0.39, 0.29) is 5.57 Å². The molecule has 3 aromatic carbocycles. The number of nitrogens with zero attached hydrogens (tertiary/aromatic N) is 1. The van der Waals surface area contributed by atoms with Crippen LogP contribution in [0.15, 0.2) is 81.2 Å². The van der Waals surface area contributed by atoms with Crippen molar-refractivity contribution in [3.05, 3.63) is 104 Å². The Hall–Kier alpha value is -3.21. The Labute approximate surface area is 203 Å². The SMILES string of the molecule is COC(=O)c1ccc(NC(=O)/C(C#N)=C/c2cc(Br)ccc2Cc2ccccc2Br)cc1. The van der Waals surface area contributed by atoms with Crippen LogP contribution in [-0.4, -0.2) is 19.0 Å². The van der Waals surface area contributed by atoms with E-state index < -0.39 is 11.9 Å². The number of nitriles is 1. The van der Waals surface area contributed by atoms with Crippen molar-refractivity contribution in [2.45, 2.75) is 6.42 Å². The Morgan fingerprint density at radius 1 is 1.03 bits per heavy atom. The number of benzene rings is 3. The minimum absolute atomic E-state index is 0.0338. The van der Waals surface area contributed by atoms with E-state index in [0.29, 0.717) is 17.7 Å². The van der Waals surface area contributed by atoms with E-state index in [1.807, 2.05) is 48.5 Å². The average Bonchev–Trinajstić information content (AvgIpc) is 2.80. The molecule has 0 aliphatic carbocycles. The molecule has 7 heteroatoms. The minimum atomic E-state index is -0.537. The molecule has 5 nitrogen and oxygen atoms in total. The number of ether oxygens (including phenoxy) is 1. The van der Waals surface area contributed by atoms with Crippen molar-refractivity contribution in [3.63, 3.8) is 0 Å².